The molecule has 7 nitrogen and oxygen atoms in total. The number of carbonyl (C=O) groups excluding carboxylic acids is 2. The summed E-state index contributed by atoms with van der Waals surface area (Å²) in [4.78, 5) is 27.4. The monoisotopic (exact) mass is 462 g/mol. The third-order valence-electron chi connectivity index (χ3n) is 5.68. The molecule has 1 aliphatic rings. The maximum atomic E-state index is 12.6. The molecule has 33 heavy (non-hydrogen) atoms. The number of hydrogen-bond donors (Lipinski definition) is 2. The molecule has 3 aromatic carbocycles. The van der Waals surface area contributed by atoms with Crippen molar-refractivity contribution in [2.24, 2.45) is 0 Å². The van der Waals surface area contributed by atoms with Crippen molar-refractivity contribution in [3.63, 3.8) is 0 Å². The molecule has 0 aromatic heterocycles. The van der Waals surface area contributed by atoms with Gasteiger partial charge < -0.3 is 15.4 Å². The van der Waals surface area contributed by atoms with Crippen LogP contribution in [0.4, 0.5) is 5.69 Å². The van der Waals surface area contributed by atoms with Crippen molar-refractivity contribution in [1.29, 1.82) is 5.26 Å². The molecule has 0 saturated carbocycles. The Kier molecular flexibility index (Phi) is 7.20. The lowest BCUT2D eigenvalue weighted by atomic mass is 9.97. The average molecular weight is 463 g/mol. The minimum atomic E-state index is -0.854. The molecule has 3 aromatic rings. The number of ether oxygens (including phenoxy) is 1. The number of nitrogens with zero attached hydrogens (tertiary/aromatic N) is 2. The van der Waals surface area contributed by atoms with Crippen LogP contribution in [0, 0.1) is 11.3 Å². The summed E-state index contributed by atoms with van der Waals surface area (Å²) in [5.74, 6) is -1.63. The fourth-order valence-electron chi connectivity index (χ4n) is 4.03. The number of benzene rings is 3. The third-order valence-corrected chi connectivity index (χ3v) is 5.92. The Morgan fingerprint density at radius 1 is 1.06 bits per heavy atom. The lowest BCUT2D eigenvalue weighted by Gasteiger charge is -2.35. The maximum Gasteiger partial charge on any atom is 0.313 e. The molecule has 1 heterocycles. The summed E-state index contributed by atoms with van der Waals surface area (Å²) < 4.78 is 5.50. The molecule has 1 fully saturated rings. The van der Waals surface area contributed by atoms with E-state index in [1.807, 2.05) is 24.3 Å². The predicted molar refractivity (Wildman–Crippen MR) is 127 cm³/mol. The van der Waals surface area contributed by atoms with Crippen LogP contribution in [0.5, 0.6) is 0 Å². The quantitative estimate of drug-likeness (QED) is 0.566. The maximum absolute atomic E-state index is 12.6. The number of nitriles is 1. The molecule has 0 spiro atoms. The van der Waals surface area contributed by atoms with E-state index in [0.29, 0.717) is 18.2 Å². The summed E-state index contributed by atoms with van der Waals surface area (Å²) in [6.07, 6.45) is 0. The zero-order valence-electron chi connectivity index (χ0n) is 17.9. The number of halogens is 1. The second-order valence-electron chi connectivity index (χ2n) is 7.70. The highest BCUT2D eigenvalue weighted by molar-refractivity contribution is 6.40. The Balaban J connectivity index is 1.52. The van der Waals surface area contributed by atoms with Gasteiger partial charge >= 0.3 is 11.8 Å². The first-order valence-corrected chi connectivity index (χ1v) is 11.0. The normalized spacial score (nSPS) is 14.9. The van der Waals surface area contributed by atoms with Crippen LogP contribution in [0.2, 0.25) is 5.02 Å². The van der Waals surface area contributed by atoms with Crippen LogP contribution in [0.1, 0.15) is 17.2 Å². The molecule has 168 valence electrons. The van der Waals surface area contributed by atoms with Crippen LogP contribution in [0.3, 0.4) is 0 Å². The van der Waals surface area contributed by atoms with Gasteiger partial charge in [0.05, 0.1) is 30.5 Å². The van der Waals surface area contributed by atoms with Crippen molar-refractivity contribution in [3.05, 3.63) is 76.8 Å². The van der Waals surface area contributed by atoms with Crippen molar-refractivity contribution in [1.82, 2.24) is 10.2 Å². The topological polar surface area (TPSA) is 94.5 Å². The lowest BCUT2D eigenvalue weighted by Crippen LogP contribution is -2.45. The Labute approximate surface area is 196 Å². The Bertz CT molecular complexity index is 1210. The molecule has 4 rings (SSSR count). The first-order chi connectivity index (χ1) is 16.1. The highest BCUT2D eigenvalue weighted by atomic mass is 35.5. The second kappa shape index (κ2) is 10.5. The van der Waals surface area contributed by atoms with E-state index in [1.54, 1.807) is 6.07 Å². The van der Waals surface area contributed by atoms with Gasteiger partial charge in [-0.3, -0.25) is 14.5 Å². The van der Waals surface area contributed by atoms with E-state index in [4.69, 9.17) is 16.3 Å². The molecule has 0 bridgehead atoms. The van der Waals surface area contributed by atoms with Gasteiger partial charge in [-0.15, -0.1) is 0 Å². The van der Waals surface area contributed by atoms with Crippen molar-refractivity contribution < 1.29 is 14.3 Å². The molecule has 0 aliphatic carbocycles. The number of morpholine rings is 1. The van der Waals surface area contributed by atoms with E-state index < -0.39 is 11.8 Å². The summed E-state index contributed by atoms with van der Waals surface area (Å²) in [5, 5.41) is 17.1. The number of fused-ring (bicyclic) bond motifs is 1. The van der Waals surface area contributed by atoms with Gasteiger partial charge in [-0.2, -0.15) is 5.26 Å². The van der Waals surface area contributed by atoms with E-state index in [1.165, 1.54) is 12.1 Å². The van der Waals surface area contributed by atoms with Gasteiger partial charge in [0.1, 0.15) is 6.07 Å². The van der Waals surface area contributed by atoms with E-state index >= 15 is 0 Å². The van der Waals surface area contributed by atoms with Crippen LogP contribution in [-0.2, 0) is 14.3 Å². The Morgan fingerprint density at radius 2 is 1.82 bits per heavy atom. The molecule has 1 saturated heterocycles. The fraction of sp³-hybridized carbons (Fsp3) is 0.240. The van der Waals surface area contributed by atoms with E-state index in [2.05, 4.69) is 39.8 Å². The van der Waals surface area contributed by atoms with Gasteiger partial charge in [-0.05, 0) is 34.5 Å². The highest BCUT2D eigenvalue weighted by Gasteiger charge is 2.26. The molecule has 0 radical (unpaired) electrons. The largest absolute Gasteiger partial charge is 0.379 e. The summed E-state index contributed by atoms with van der Waals surface area (Å²) in [5.41, 5.74) is 1.50. The smallest absolute Gasteiger partial charge is 0.313 e. The lowest BCUT2D eigenvalue weighted by molar-refractivity contribution is -0.136. The molecule has 0 unspecified atom stereocenters. The van der Waals surface area contributed by atoms with Gasteiger partial charge in [-0.25, -0.2) is 0 Å². The average Bonchev–Trinajstić information content (AvgIpc) is 2.85. The molecule has 2 N–H and O–H groups in total. The SMILES string of the molecule is N#Cc1ccc(Cl)cc1NC(=O)C(=O)NC[C@H](c1cccc2ccccc12)N1CCOCC1. The van der Waals surface area contributed by atoms with E-state index in [-0.39, 0.29) is 23.8 Å². The van der Waals surface area contributed by atoms with Gasteiger partial charge in [0.25, 0.3) is 0 Å². The predicted octanol–water partition coefficient (Wildman–Crippen LogP) is 3.49. The number of hydrogen-bond acceptors (Lipinski definition) is 5. The first kappa shape index (κ1) is 22.7. The first-order valence-electron chi connectivity index (χ1n) is 10.6. The molecule has 2 amide bonds. The molecular formula is C25H23ClN4O3. The summed E-state index contributed by atoms with van der Waals surface area (Å²) in [6, 6.07) is 20.5. The van der Waals surface area contributed by atoms with E-state index in [0.717, 1.165) is 29.4 Å². The molecule has 8 heteroatoms. The fourth-order valence-corrected chi connectivity index (χ4v) is 4.20. The van der Waals surface area contributed by atoms with Crippen molar-refractivity contribution in [2.45, 2.75) is 6.04 Å². The van der Waals surface area contributed by atoms with Gasteiger partial charge in [-0.1, -0.05) is 54.1 Å². The van der Waals surface area contributed by atoms with Crippen LogP contribution >= 0.6 is 11.6 Å². The number of nitrogens with one attached hydrogen (secondary N) is 2. The summed E-state index contributed by atoms with van der Waals surface area (Å²) in [6.45, 7) is 2.93. The van der Waals surface area contributed by atoms with Gasteiger partial charge in [0, 0.05) is 24.7 Å². The van der Waals surface area contributed by atoms with Crippen molar-refractivity contribution in [2.75, 3.05) is 38.2 Å². The molecule has 1 atom stereocenters. The van der Waals surface area contributed by atoms with Gasteiger partial charge in [0.15, 0.2) is 0 Å². The van der Waals surface area contributed by atoms with Crippen LogP contribution in [0.25, 0.3) is 10.8 Å². The number of rotatable bonds is 5. The second-order valence-corrected chi connectivity index (χ2v) is 8.13. The van der Waals surface area contributed by atoms with Crippen LogP contribution < -0.4 is 10.6 Å². The zero-order chi connectivity index (χ0) is 23.2. The summed E-state index contributed by atoms with van der Waals surface area (Å²) >= 11 is 5.96. The van der Waals surface area contributed by atoms with Crippen LogP contribution in [-0.4, -0.2) is 49.6 Å². The zero-order valence-corrected chi connectivity index (χ0v) is 18.6. The minimum Gasteiger partial charge on any atom is -0.379 e. The van der Waals surface area contributed by atoms with Crippen molar-refractivity contribution >= 4 is 39.9 Å². The molecular weight excluding hydrogens is 440 g/mol. The minimum absolute atomic E-state index is 0.127. The Hall–Kier alpha value is -3.44. The van der Waals surface area contributed by atoms with Crippen LogP contribution in [0.15, 0.2) is 60.7 Å². The highest BCUT2D eigenvalue weighted by Crippen LogP contribution is 2.29. The van der Waals surface area contributed by atoms with Crippen molar-refractivity contribution in [3.8, 4) is 6.07 Å². The number of carbonyl (C=O) groups is 2. The van der Waals surface area contributed by atoms with E-state index in [9.17, 15) is 14.9 Å². The number of amides is 2. The van der Waals surface area contributed by atoms with Gasteiger partial charge in [0.2, 0.25) is 0 Å². The third kappa shape index (κ3) is 5.32. The molecule has 1 aliphatic heterocycles. The Morgan fingerprint density at radius 3 is 2.61 bits per heavy atom. The standard InChI is InChI=1S/C25H23ClN4O3/c26-19-9-8-18(15-27)22(14-19)29-25(32)24(31)28-16-23(30-10-12-33-13-11-30)21-7-3-5-17-4-1-2-6-20(17)21/h1-9,14,23H,10-13,16H2,(H,28,31)(H,29,32)/t23-/m1/s1. The summed E-state index contributed by atoms with van der Waals surface area (Å²) in [7, 11) is 0. The number of anilines is 1.